The maximum Gasteiger partial charge on any atom is 0.164 e. The number of nitrogens with zero attached hydrogens (tertiary/aromatic N) is 4. The lowest BCUT2D eigenvalue weighted by atomic mass is 10.2. The minimum absolute atomic E-state index is 0.439. The number of aliphatic hydroxyl groups is 1. The molecule has 0 amide bonds. The lowest BCUT2D eigenvalue weighted by Crippen LogP contribution is -3.15. The van der Waals surface area contributed by atoms with Crippen molar-refractivity contribution in [3.63, 3.8) is 0 Å². The summed E-state index contributed by atoms with van der Waals surface area (Å²) in [5, 5.41) is 11.4. The smallest absolute Gasteiger partial charge is 0.164 e. The normalized spacial score (nSPS) is 16.6. The van der Waals surface area contributed by atoms with Crippen molar-refractivity contribution in [2.75, 3.05) is 32.8 Å². The Kier molecular flexibility index (Phi) is 5.98. The van der Waals surface area contributed by atoms with Crippen molar-refractivity contribution in [3.8, 4) is 0 Å². The van der Waals surface area contributed by atoms with Gasteiger partial charge in [0.1, 0.15) is 42.6 Å². The van der Waals surface area contributed by atoms with Crippen LogP contribution in [0.2, 0.25) is 0 Å². The molecule has 0 radical (unpaired) electrons. The van der Waals surface area contributed by atoms with Gasteiger partial charge in [0.2, 0.25) is 0 Å². The quantitative estimate of drug-likeness (QED) is 0.452. The summed E-state index contributed by atoms with van der Waals surface area (Å²) in [6.07, 6.45) is 2.89. The molecule has 4 rings (SSSR count). The number of imidazole rings is 1. The maximum atomic E-state index is 10.5. The third-order valence-corrected chi connectivity index (χ3v) is 5.77. The Balaban J connectivity index is 1.43. The average Bonchev–Trinajstić information content (AvgIpc) is 3.11. The summed E-state index contributed by atoms with van der Waals surface area (Å²) < 4.78 is 7.30. The van der Waals surface area contributed by atoms with Crippen molar-refractivity contribution in [2.45, 2.75) is 23.4 Å². The van der Waals surface area contributed by atoms with Crippen LogP contribution in [0, 0.1) is 0 Å². The van der Waals surface area contributed by atoms with Crippen molar-refractivity contribution in [3.05, 3.63) is 48.5 Å². The molecule has 7 nitrogen and oxygen atoms in total. The van der Waals surface area contributed by atoms with Gasteiger partial charge in [-0.05, 0) is 5.56 Å². The zero-order valence-electron chi connectivity index (χ0n) is 15.1. The molecule has 0 unspecified atom stereocenters. The molecule has 1 atom stereocenters. The van der Waals surface area contributed by atoms with Crippen LogP contribution in [0.15, 0.2) is 48.0 Å². The monoisotopic (exact) mass is 386 g/mol. The number of thioether (sulfide) groups is 1. The Morgan fingerprint density at radius 2 is 1.96 bits per heavy atom. The van der Waals surface area contributed by atoms with Crippen LogP contribution in [0.4, 0.5) is 0 Å². The SMILES string of the molecule is O[C@H](Cn1cnc2c(SCc3ccccc3)ncnc21)C[NH+]1CCOCC1. The summed E-state index contributed by atoms with van der Waals surface area (Å²) in [6.45, 7) is 4.63. The first-order valence-corrected chi connectivity index (χ1v) is 10.2. The van der Waals surface area contributed by atoms with Gasteiger partial charge in [0, 0.05) is 5.75 Å². The Hall–Kier alpha value is -2.00. The van der Waals surface area contributed by atoms with E-state index in [0.717, 1.165) is 48.2 Å². The molecule has 8 heteroatoms. The first-order valence-electron chi connectivity index (χ1n) is 9.21. The summed E-state index contributed by atoms with van der Waals surface area (Å²) >= 11 is 1.66. The number of rotatable bonds is 7. The van der Waals surface area contributed by atoms with Gasteiger partial charge in [0.25, 0.3) is 0 Å². The van der Waals surface area contributed by atoms with Gasteiger partial charge in [0.05, 0.1) is 26.1 Å². The highest BCUT2D eigenvalue weighted by molar-refractivity contribution is 7.98. The van der Waals surface area contributed by atoms with Crippen LogP contribution in [0.1, 0.15) is 5.56 Å². The molecule has 142 valence electrons. The summed E-state index contributed by atoms with van der Waals surface area (Å²) in [7, 11) is 0. The van der Waals surface area contributed by atoms with Gasteiger partial charge in [-0.25, -0.2) is 15.0 Å². The second-order valence-corrected chi connectivity index (χ2v) is 7.71. The fourth-order valence-corrected chi connectivity index (χ4v) is 4.21. The third-order valence-electron chi connectivity index (χ3n) is 4.72. The van der Waals surface area contributed by atoms with Crippen LogP contribution in [0.25, 0.3) is 11.2 Å². The second-order valence-electron chi connectivity index (χ2n) is 6.74. The van der Waals surface area contributed by atoms with E-state index in [1.807, 2.05) is 22.8 Å². The predicted octanol–water partition coefficient (Wildman–Crippen LogP) is 0.395. The summed E-state index contributed by atoms with van der Waals surface area (Å²) in [5.74, 6) is 0.836. The van der Waals surface area contributed by atoms with Crippen LogP contribution < -0.4 is 4.90 Å². The largest absolute Gasteiger partial charge is 0.385 e. The van der Waals surface area contributed by atoms with Crippen molar-refractivity contribution in [2.24, 2.45) is 0 Å². The number of hydrogen-bond donors (Lipinski definition) is 2. The van der Waals surface area contributed by atoms with Gasteiger partial charge in [0.15, 0.2) is 5.65 Å². The maximum absolute atomic E-state index is 10.5. The van der Waals surface area contributed by atoms with E-state index in [4.69, 9.17) is 4.74 Å². The molecule has 1 fully saturated rings. The fourth-order valence-electron chi connectivity index (χ4n) is 3.31. The van der Waals surface area contributed by atoms with Crippen molar-refractivity contribution < 1.29 is 14.7 Å². The van der Waals surface area contributed by atoms with E-state index in [-0.39, 0.29) is 0 Å². The molecular formula is C19H24N5O2S+. The van der Waals surface area contributed by atoms with E-state index >= 15 is 0 Å². The first kappa shape index (κ1) is 18.4. The molecule has 0 spiro atoms. The summed E-state index contributed by atoms with van der Waals surface area (Å²) in [4.78, 5) is 14.7. The van der Waals surface area contributed by atoms with E-state index < -0.39 is 6.10 Å². The lowest BCUT2D eigenvalue weighted by molar-refractivity contribution is -0.911. The van der Waals surface area contributed by atoms with Crippen LogP contribution in [-0.4, -0.2) is 63.6 Å². The topological polar surface area (TPSA) is 77.5 Å². The number of nitrogens with one attached hydrogen (secondary N) is 1. The second kappa shape index (κ2) is 8.79. The van der Waals surface area contributed by atoms with E-state index in [0.29, 0.717) is 13.1 Å². The fraction of sp³-hybridized carbons (Fsp3) is 0.421. The number of ether oxygens (including phenoxy) is 1. The van der Waals surface area contributed by atoms with Gasteiger partial charge in [-0.15, -0.1) is 0 Å². The number of aliphatic hydroxyl groups excluding tert-OH is 1. The molecule has 3 heterocycles. The third kappa shape index (κ3) is 4.65. The van der Waals surface area contributed by atoms with Gasteiger partial charge >= 0.3 is 0 Å². The minimum atomic E-state index is -0.439. The van der Waals surface area contributed by atoms with E-state index in [9.17, 15) is 5.11 Å². The number of fused-ring (bicyclic) bond motifs is 1. The van der Waals surface area contributed by atoms with Crippen molar-refractivity contribution >= 4 is 22.9 Å². The van der Waals surface area contributed by atoms with E-state index in [2.05, 4.69) is 27.1 Å². The molecule has 0 saturated carbocycles. The van der Waals surface area contributed by atoms with Crippen LogP contribution in [0.5, 0.6) is 0 Å². The zero-order valence-corrected chi connectivity index (χ0v) is 15.9. The highest BCUT2D eigenvalue weighted by Crippen LogP contribution is 2.26. The molecule has 3 aromatic rings. The number of quaternary nitrogens is 1. The van der Waals surface area contributed by atoms with E-state index in [1.54, 1.807) is 24.4 Å². The highest BCUT2D eigenvalue weighted by atomic mass is 32.2. The Morgan fingerprint density at radius 1 is 1.15 bits per heavy atom. The van der Waals surface area contributed by atoms with Crippen LogP contribution >= 0.6 is 11.8 Å². The standard InChI is InChI=1S/C19H23N5O2S/c25-16(10-23-6-8-26-9-7-23)11-24-14-22-17-18(24)20-13-21-19(17)27-12-15-4-2-1-3-5-15/h1-5,13-14,16,25H,6-12H2/p+1/t16-/m0/s1. The van der Waals surface area contributed by atoms with Gasteiger partial charge in [-0.3, -0.25) is 0 Å². The van der Waals surface area contributed by atoms with Gasteiger partial charge in [-0.2, -0.15) is 0 Å². The van der Waals surface area contributed by atoms with E-state index in [1.165, 1.54) is 10.5 Å². The summed E-state index contributed by atoms with van der Waals surface area (Å²) in [6, 6.07) is 10.3. The van der Waals surface area contributed by atoms with Crippen LogP contribution in [-0.2, 0) is 17.0 Å². The number of hydrogen-bond acceptors (Lipinski definition) is 6. The molecule has 0 bridgehead atoms. The zero-order chi connectivity index (χ0) is 18.5. The highest BCUT2D eigenvalue weighted by Gasteiger charge is 2.20. The van der Waals surface area contributed by atoms with Gasteiger partial charge < -0.3 is 19.3 Å². The first-order chi connectivity index (χ1) is 13.3. The molecule has 1 aliphatic heterocycles. The lowest BCUT2D eigenvalue weighted by Gasteiger charge is -2.25. The molecule has 2 N–H and O–H groups in total. The molecule has 1 saturated heterocycles. The number of aromatic nitrogens is 4. The molecule has 1 aliphatic rings. The summed E-state index contributed by atoms with van der Waals surface area (Å²) in [5.41, 5.74) is 2.82. The van der Waals surface area contributed by atoms with Crippen molar-refractivity contribution in [1.82, 2.24) is 19.5 Å². The van der Waals surface area contributed by atoms with Gasteiger partial charge in [-0.1, -0.05) is 42.1 Å². The molecule has 2 aromatic heterocycles. The Morgan fingerprint density at radius 3 is 2.78 bits per heavy atom. The number of benzene rings is 1. The number of morpholine rings is 1. The predicted molar refractivity (Wildman–Crippen MR) is 104 cm³/mol. The minimum Gasteiger partial charge on any atom is -0.385 e. The average molecular weight is 387 g/mol. The molecular weight excluding hydrogens is 362 g/mol. The molecule has 1 aromatic carbocycles. The van der Waals surface area contributed by atoms with Crippen molar-refractivity contribution in [1.29, 1.82) is 0 Å². The van der Waals surface area contributed by atoms with Crippen LogP contribution in [0.3, 0.4) is 0 Å². The molecule has 27 heavy (non-hydrogen) atoms. The Labute approximate surface area is 162 Å². The Bertz CT molecular complexity index is 867. The molecule has 0 aliphatic carbocycles.